The Labute approximate surface area is 160 Å². The summed E-state index contributed by atoms with van der Waals surface area (Å²) >= 11 is 5.96. The third kappa shape index (κ3) is 3.85. The molecule has 138 valence electrons. The van der Waals surface area contributed by atoms with Crippen molar-refractivity contribution < 1.29 is 9.47 Å². The van der Waals surface area contributed by atoms with Crippen LogP contribution in [0.1, 0.15) is 29.4 Å². The number of ether oxygens (including phenoxy) is 2. The minimum atomic E-state index is 0.123. The molecule has 1 aromatic heterocycles. The quantitative estimate of drug-likeness (QED) is 0.678. The number of hydrogen-bond donors (Lipinski definition) is 2. The van der Waals surface area contributed by atoms with Crippen LogP contribution in [0.2, 0.25) is 5.02 Å². The number of aromatic amines is 1. The van der Waals surface area contributed by atoms with Gasteiger partial charge in [-0.1, -0.05) is 28.9 Å². The van der Waals surface area contributed by atoms with Gasteiger partial charge in [-0.15, -0.1) is 10.2 Å². The molecule has 1 aliphatic heterocycles. The molecule has 2 heterocycles. The number of benzene rings is 2. The predicted molar refractivity (Wildman–Crippen MR) is 100.0 cm³/mol. The average Bonchev–Trinajstić information content (AvgIpc) is 3.39. The van der Waals surface area contributed by atoms with Crippen molar-refractivity contribution in [3.63, 3.8) is 0 Å². The highest BCUT2D eigenvalue weighted by Gasteiger charge is 2.22. The number of hydrogen-bond acceptors (Lipinski definition) is 7. The van der Waals surface area contributed by atoms with Crippen LogP contribution in [0.25, 0.3) is 0 Å². The summed E-state index contributed by atoms with van der Waals surface area (Å²) in [4.78, 5) is 0. The molecule has 0 aliphatic carbocycles. The average molecular weight is 385 g/mol. The van der Waals surface area contributed by atoms with Crippen LogP contribution in [0.15, 0.2) is 47.6 Å². The highest BCUT2D eigenvalue weighted by Crippen LogP contribution is 2.31. The highest BCUT2D eigenvalue weighted by atomic mass is 35.5. The Kier molecular flexibility index (Phi) is 4.88. The molecule has 0 spiro atoms. The predicted octanol–water partition coefficient (Wildman–Crippen LogP) is 2.88. The maximum atomic E-state index is 5.96. The lowest BCUT2D eigenvalue weighted by Gasteiger charge is -2.12. The summed E-state index contributed by atoms with van der Waals surface area (Å²) in [5.41, 5.74) is 6.26. The summed E-state index contributed by atoms with van der Waals surface area (Å²) in [6.07, 6.45) is 0.772. The first kappa shape index (κ1) is 17.3. The molecule has 2 aromatic carbocycles. The number of tetrazole rings is 1. The molecule has 2 N–H and O–H groups in total. The van der Waals surface area contributed by atoms with Gasteiger partial charge < -0.3 is 14.9 Å². The molecule has 0 radical (unpaired) electrons. The Morgan fingerprint density at radius 1 is 1.15 bits per heavy atom. The van der Waals surface area contributed by atoms with Crippen molar-refractivity contribution in [3.05, 3.63) is 64.4 Å². The van der Waals surface area contributed by atoms with Gasteiger partial charge in [-0.25, -0.2) is 0 Å². The van der Waals surface area contributed by atoms with Crippen molar-refractivity contribution in [1.29, 1.82) is 0 Å². The van der Waals surface area contributed by atoms with Crippen LogP contribution < -0.4 is 14.9 Å². The van der Waals surface area contributed by atoms with Gasteiger partial charge in [0, 0.05) is 17.0 Å². The van der Waals surface area contributed by atoms with E-state index in [2.05, 4.69) is 31.2 Å². The third-order valence-corrected chi connectivity index (χ3v) is 4.52. The summed E-state index contributed by atoms with van der Waals surface area (Å²) in [5, 5.41) is 18.8. The molecular weight excluding hydrogens is 368 g/mol. The number of hydrazone groups is 1. The van der Waals surface area contributed by atoms with Crippen molar-refractivity contribution in [2.24, 2.45) is 5.10 Å². The Morgan fingerprint density at radius 2 is 2.00 bits per heavy atom. The minimum absolute atomic E-state index is 0.123. The molecule has 0 saturated carbocycles. The fourth-order valence-corrected chi connectivity index (χ4v) is 2.99. The molecule has 8 nitrogen and oxygen atoms in total. The van der Waals surface area contributed by atoms with Gasteiger partial charge in [0.1, 0.15) is 0 Å². The summed E-state index contributed by atoms with van der Waals surface area (Å²) in [5.74, 6) is 1.69. The minimum Gasteiger partial charge on any atom is -0.493 e. The van der Waals surface area contributed by atoms with Crippen LogP contribution >= 0.6 is 11.6 Å². The lowest BCUT2D eigenvalue weighted by atomic mass is 9.99. The van der Waals surface area contributed by atoms with E-state index in [4.69, 9.17) is 21.1 Å². The van der Waals surface area contributed by atoms with Crippen molar-refractivity contribution in [1.82, 2.24) is 26.0 Å². The largest absolute Gasteiger partial charge is 0.493 e. The molecule has 4 rings (SSSR count). The molecule has 1 aliphatic rings. The van der Waals surface area contributed by atoms with Crippen molar-refractivity contribution >= 4 is 17.3 Å². The monoisotopic (exact) mass is 384 g/mol. The molecule has 1 atom stereocenters. The first-order chi connectivity index (χ1) is 13.2. The maximum absolute atomic E-state index is 5.96. The van der Waals surface area contributed by atoms with Crippen molar-refractivity contribution in [2.75, 3.05) is 7.11 Å². The topological polar surface area (TPSA) is 97.3 Å². The lowest BCUT2D eigenvalue weighted by Crippen LogP contribution is -2.09. The summed E-state index contributed by atoms with van der Waals surface area (Å²) in [7, 11) is 1.60. The second kappa shape index (κ2) is 7.63. The Bertz CT molecular complexity index is 943. The molecule has 1 unspecified atom stereocenters. The van der Waals surface area contributed by atoms with Crippen LogP contribution in [0, 0.1) is 0 Å². The van der Waals surface area contributed by atoms with E-state index in [0.717, 1.165) is 28.3 Å². The molecule has 3 aromatic rings. The molecule has 0 amide bonds. The summed E-state index contributed by atoms with van der Waals surface area (Å²) in [6.45, 7) is 0.202. The zero-order valence-corrected chi connectivity index (χ0v) is 15.3. The number of H-pyrrole nitrogens is 1. The molecule has 0 saturated heterocycles. The number of nitrogens with zero attached hydrogens (tertiary/aromatic N) is 4. The van der Waals surface area contributed by atoms with Gasteiger partial charge in [-0.2, -0.15) is 10.3 Å². The van der Waals surface area contributed by atoms with E-state index >= 15 is 0 Å². The second-order valence-corrected chi connectivity index (χ2v) is 6.41. The maximum Gasteiger partial charge on any atom is 0.211 e. The fourth-order valence-electron chi connectivity index (χ4n) is 2.86. The first-order valence-electron chi connectivity index (χ1n) is 8.34. The van der Waals surface area contributed by atoms with Crippen LogP contribution in [-0.4, -0.2) is 33.4 Å². The van der Waals surface area contributed by atoms with Gasteiger partial charge in [0.2, 0.25) is 5.82 Å². The van der Waals surface area contributed by atoms with Gasteiger partial charge in [-0.05, 0) is 35.9 Å². The number of halogens is 1. The van der Waals surface area contributed by atoms with Crippen LogP contribution in [-0.2, 0) is 6.61 Å². The molecule has 27 heavy (non-hydrogen) atoms. The van der Waals surface area contributed by atoms with Gasteiger partial charge in [0.25, 0.3) is 0 Å². The Morgan fingerprint density at radius 3 is 2.74 bits per heavy atom. The Hall–Kier alpha value is -3.13. The molecular formula is C18H17ClN6O2. The number of rotatable bonds is 6. The van der Waals surface area contributed by atoms with E-state index in [-0.39, 0.29) is 12.6 Å². The van der Waals surface area contributed by atoms with Gasteiger partial charge in [0.05, 0.1) is 18.9 Å². The fraction of sp³-hybridized carbons (Fsp3) is 0.222. The standard InChI is InChI=1S/C18H17ClN6O2/c1-26-17-8-12(4-7-16(17)27-10-18-22-24-25-23-18)15-9-14(20-21-15)11-2-5-13(19)6-3-11/h2-8,14,20H,9-10H2,1H3,(H,22,23,24,25). The normalized spacial score (nSPS) is 15.9. The van der Waals surface area contributed by atoms with Gasteiger partial charge in [0.15, 0.2) is 18.1 Å². The molecule has 0 bridgehead atoms. The van der Waals surface area contributed by atoms with E-state index in [1.807, 2.05) is 42.5 Å². The smallest absolute Gasteiger partial charge is 0.211 e. The molecule has 0 fully saturated rings. The van der Waals surface area contributed by atoms with E-state index in [1.54, 1.807) is 7.11 Å². The Balaban J connectivity index is 1.46. The number of nitrogens with one attached hydrogen (secondary N) is 2. The number of methoxy groups -OCH3 is 1. The van der Waals surface area contributed by atoms with E-state index in [1.165, 1.54) is 0 Å². The van der Waals surface area contributed by atoms with E-state index in [0.29, 0.717) is 17.3 Å². The van der Waals surface area contributed by atoms with Gasteiger partial charge in [-0.3, -0.25) is 0 Å². The summed E-state index contributed by atoms with van der Waals surface area (Å²) in [6, 6.07) is 13.6. The zero-order valence-electron chi connectivity index (χ0n) is 14.5. The zero-order chi connectivity index (χ0) is 18.6. The second-order valence-electron chi connectivity index (χ2n) is 5.98. The third-order valence-electron chi connectivity index (χ3n) is 4.27. The van der Waals surface area contributed by atoms with E-state index in [9.17, 15) is 0 Å². The van der Waals surface area contributed by atoms with Crippen molar-refractivity contribution in [2.45, 2.75) is 19.1 Å². The highest BCUT2D eigenvalue weighted by molar-refractivity contribution is 6.30. The van der Waals surface area contributed by atoms with E-state index < -0.39 is 0 Å². The van der Waals surface area contributed by atoms with Crippen LogP contribution in [0.5, 0.6) is 11.5 Å². The summed E-state index contributed by atoms with van der Waals surface area (Å²) < 4.78 is 11.2. The van der Waals surface area contributed by atoms with Gasteiger partial charge >= 0.3 is 0 Å². The van der Waals surface area contributed by atoms with Crippen LogP contribution in [0.3, 0.4) is 0 Å². The lowest BCUT2D eigenvalue weighted by molar-refractivity contribution is 0.276. The number of aromatic nitrogens is 4. The van der Waals surface area contributed by atoms with Crippen LogP contribution in [0.4, 0.5) is 0 Å². The van der Waals surface area contributed by atoms with Crippen molar-refractivity contribution in [3.8, 4) is 11.5 Å². The molecule has 9 heteroatoms. The first-order valence-corrected chi connectivity index (χ1v) is 8.72. The SMILES string of the molecule is COc1cc(C2=NNC(c3ccc(Cl)cc3)C2)ccc1OCc1nn[nH]n1.